The number of aryl methyl sites for hydroxylation is 1. The number of likely N-dealkylation sites (tertiary alicyclic amines) is 1. The minimum Gasteiger partial charge on any atom is -0.283 e. The van der Waals surface area contributed by atoms with E-state index < -0.39 is 27.9 Å². The van der Waals surface area contributed by atoms with Crippen LogP contribution in [0.4, 0.5) is 5.69 Å². The SMILES string of the molecule is Cc1ccc(S(=O)(=O)c2ccccc2/C=C/C2C3C(=O)N(C)C(=O)C3ON2c2ccccc2)cc1. The summed E-state index contributed by atoms with van der Waals surface area (Å²) in [4.78, 5) is 32.9. The molecular formula is C27H24N2O5S. The first-order chi connectivity index (χ1) is 16.8. The Hall–Kier alpha value is -3.75. The zero-order valence-corrected chi connectivity index (χ0v) is 20.1. The summed E-state index contributed by atoms with van der Waals surface area (Å²) < 4.78 is 26.8. The third kappa shape index (κ3) is 3.94. The molecule has 2 heterocycles. The number of nitrogens with zero attached hydrogens (tertiary/aromatic N) is 2. The van der Waals surface area contributed by atoms with Crippen molar-refractivity contribution in [2.75, 3.05) is 12.1 Å². The Bertz CT molecular complexity index is 1420. The number of hydrogen-bond acceptors (Lipinski definition) is 6. The van der Waals surface area contributed by atoms with Crippen LogP contribution in [0.5, 0.6) is 0 Å². The second kappa shape index (κ2) is 8.79. The van der Waals surface area contributed by atoms with Gasteiger partial charge in [0.05, 0.1) is 21.5 Å². The van der Waals surface area contributed by atoms with Crippen LogP contribution < -0.4 is 5.06 Å². The van der Waals surface area contributed by atoms with Gasteiger partial charge in [0.25, 0.3) is 5.91 Å². The molecule has 2 fully saturated rings. The van der Waals surface area contributed by atoms with Crippen LogP contribution in [0.2, 0.25) is 0 Å². The van der Waals surface area contributed by atoms with E-state index in [-0.39, 0.29) is 21.6 Å². The topological polar surface area (TPSA) is 84.0 Å². The minimum absolute atomic E-state index is 0.160. The van der Waals surface area contributed by atoms with Crippen molar-refractivity contribution in [3.05, 3.63) is 96.1 Å². The number of hydrogen-bond donors (Lipinski definition) is 0. The molecule has 3 atom stereocenters. The maximum absolute atomic E-state index is 13.4. The van der Waals surface area contributed by atoms with Gasteiger partial charge in [-0.1, -0.05) is 66.2 Å². The number of sulfone groups is 1. The standard InChI is InChI=1S/C27H24N2O5S/c1-18-12-15-21(16-13-18)35(32,33)23-11-7-6-8-19(23)14-17-22-24-25(27(31)28(2)26(24)30)34-29(22)20-9-4-3-5-10-20/h3-17,22,24-25H,1-2H3/b17-14+. The molecule has 2 aliphatic heterocycles. The van der Waals surface area contributed by atoms with Crippen molar-refractivity contribution in [1.29, 1.82) is 0 Å². The molecule has 7 nitrogen and oxygen atoms in total. The van der Waals surface area contributed by atoms with Gasteiger partial charge in [-0.05, 0) is 42.8 Å². The van der Waals surface area contributed by atoms with Crippen LogP contribution >= 0.6 is 0 Å². The molecule has 0 bridgehead atoms. The maximum Gasteiger partial charge on any atom is 0.261 e. The Morgan fingerprint density at radius 3 is 2.23 bits per heavy atom. The van der Waals surface area contributed by atoms with Gasteiger partial charge in [0.15, 0.2) is 6.10 Å². The third-order valence-corrected chi connectivity index (χ3v) is 8.25. The Morgan fingerprint density at radius 1 is 0.857 bits per heavy atom. The minimum atomic E-state index is -3.77. The van der Waals surface area contributed by atoms with E-state index in [0.717, 1.165) is 10.5 Å². The quantitative estimate of drug-likeness (QED) is 0.510. The summed E-state index contributed by atoms with van der Waals surface area (Å²) in [7, 11) is -2.32. The molecule has 0 aromatic heterocycles. The first kappa shape index (κ1) is 23.0. The number of carbonyl (C=O) groups is 2. The van der Waals surface area contributed by atoms with Crippen LogP contribution in [0, 0.1) is 12.8 Å². The number of anilines is 1. The van der Waals surface area contributed by atoms with Gasteiger partial charge in [-0.3, -0.25) is 19.3 Å². The highest BCUT2D eigenvalue weighted by molar-refractivity contribution is 7.91. The fraction of sp³-hybridized carbons (Fsp3) is 0.185. The fourth-order valence-electron chi connectivity index (χ4n) is 4.50. The van der Waals surface area contributed by atoms with Gasteiger partial charge in [0.2, 0.25) is 15.7 Å². The number of fused-ring (bicyclic) bond motifs is 1. The average Bonchev–Trinajstić information content (AvgIpc) is 3.35. The van der Waals surface area contributed by atoms with Gasteiger partial charge in [0, 0.05) is 7.05 Å². The lowest BCUT2D eigenvalue weighted by Gasteiger charge is -2.25. The van der Waals surface area contributed by atoms with Crippen molar-refractivity contribution in [3.63, 3.8) is 0 Å². The van der Waals surface area contributed by atoms with Crippen molar-refractivity contribution in [1.82, 2.24) is 4.90 Å². The lowest BCUT2D eigenvalue weighted by molar-refractivity contribution is -0.141. The van der Waals surface area contributed by atoms with Gasteiger partial charge < -0.3 is 0 Å². The molecule has 2 amide bonds. The summed E-state index contributed by atoms with van der Waals surface area (Å²) in [6, 6.07) is 22.0. The van der Waals surface area contributed by atoms with E-state index in [4.69, 9.17) is 4.84 Å². The average molecular weight is 489 g/mol. The highest BCUT2D eigenvalue weighted by atomic mass is 32.2. The van der Waals surface area contributed by atoms with Crippen LogP contribution in [0.25, 0.3) is 6.08 Å². The lowest BCUT2D eigenvalue weighted by Crippen LogP contribution is -2.37. The maximum atomic E-state index is 13.4. The number of para-hydroxylation sites is 1. The van der Waals surface area contributed by atoms with E-state index in [2.05, 4.69) is 0 Å². The molecule has 0 saturated carbocycles. The van der Waals surface area contributed by atoms with Crippen molar-refractivity contribution in [2.45, 2.75) is 28.9 Å². The molecule has 178 valence electrons. The number of likely N-dealkylation sites (N-methyl/N-ethyl adjacent to an activating group) is 1. The number of benzene rings is 3. The summed E-state index contributed by atoms with van der Waals surface area (Å²) in [5.74, 6) is -1.45. The normalized spacial score (nSPS) is 22.3. The van der Waals surface area contributed by atoms with Gasteiger partial charge in [-0.25, -0.2) is 13.5 Å². The number of imide groups is 1. The monoisotopic (exact) mass is 488 g/mol. The molecule has 3 unspecified atom stereocenters. The highest BCUT2D eigenvalue weighted by Gasteiger charge is 2.57. The second-order valence-electron chi connectivity index (χ2n) is 8.65. The molecule has 0 spiro atoms. The number of amides is 2. The molecule has 3 aromatic carbocycles. The van der Waals surface area contributed by atoms with Gasteiger partial charge in [-0.2, -0.15) is 0 Å². The molecule has 3 aromatic rings. The van der Waals surface area contributed by atoms with E-state index in [9.17, 15) is 18.0 Å². The van der Waals surface area contributed by atoms with Gasteiger partial charge >= 0.3 is 0 Å². The molecular weight excluding hydrogens is 464 g/mol. The van der Waals surface area contributed by atoms with E-state index >= 15 is 0 Å². The first-order valence-electron chi connectivity index (χ1n) is 11.2. The number of carbonyl (C=O) groups excluding carboxylic acids is 2. The van der Waals surface area contributed by atoms with E-state index in [1.54, 1.807) is 65.7 Å². The smallest absolute Gasteiger partial charge is 0.261 e. The second-order valence-corrected chi connectivity index (χ2v) is 10.6. The van der Waals surface area contributed by atoms with E-state index in [0.29, 0.717) is 11.3 Å². The van der Waals surface area contributed by atoms with Crippen molar-refractivity contribution >= 4 is 33.4 Å². The predicted molar refractivity (Wildman–Crippen MR) is 131 cm³/mol. The molecule has 2 aliphatic rings. The zero-order chi connectivity index (χ0) is 24.7. The molecule has 35 heavy (non-hydrogen) atoms. The van der Waals surface area contributed by atoms with Crippen LogP contribution in [-0.2, 0) is 24.3 Å². The third-order valence-electron chi connectivity index (χ3n) is 6.41. The highest BCUT2D eigenvalue weighted by Crippen LogP contribution is 2.39. The van der Waals surface area contributed by atoms with Crippen LogP contribution in [0.15, 0.2) is 94.7 Å². The summed E-state index contributed by atoms with van der Waals surface area (Å²) >= 11 is 0. The van der Waals surface area contributed by atoms with Gasteiger partial charge in [0.1, 0.15) is 5.92 Å². The Balaban J connectivity index is 1.55. The number of hydroxylamine groups is 1. The Kier molecular flexibility index (Phi) is 5.78. The Morgan fingerprint density at radius 2 is 1.51 bits per heavy atom. The van der Waals surface area contributed by atoms with Gasteiger partial charge in [-0.15, -0.1) is 0 Å². The molecule has 0 radical (unpaired) electrons. The van der Waals surface area contributed by atoms with Crippen molar-refractivity contribution in [2.24, 2.45) is 5.92 Å². The van der Waals surface area contributed by atoms with Crippen LogP contribution in [0.3, 0.4) is 0 Å². The first-order valence-corrected chi connectivity index (χ1v) is 12.7. The largest absolute Gasteiger partial charge is 0.283 e. The van der Waals surface area contributed by atoms with Crippen LogP contribution in [0.1, 0.15) is 11.1 Å². The fourth-order valence-corrected chi connectivity index (χ4v) is 5.95. The Labute approximate surface area is 204 Å². The molecule has 5 rings (SSSR count). The zero-order valence-electron chi connectivity index (χ0n) is 19.2. The molecule has 0 N–H and O–H groups in total. The van der Waals surface area contributed by atoms with Crippen molar-refractivity contribution in [3.8, 4) is 0 Å². The predicted octanol–water partition coefficient (Wildman–Crippen LogP) is 3.64. The summed E-state index contributed by atoms with van der Waals surface area (Å²) in [5, 5.41) is 1.56. The van der Waals surface area contributed by atoms with E-state index in [1.165, 1.54) is 7.05 Å². The molecule has 8 heteroatoms. The number of rotatable bonds is 5. The summed E-state index contributed by atoms with van der Waals surface area (Å²) in [6.07, 6.45) is 2.50. The van der Waals surface area contributed by atoms with E-state index in [1.807, 2.05) is 37.3 Å². The lowest BCUT2D eigenvalue weighted by atomic mass is 9.95. The molecule has 2 saturated heterocycles. The molecule has 0 aliphatic carbocycles. The summed E-state index contributed by atoms with van der Waals surface area (Å²) in [5.41, 5.74) is 2.14. The summed E-state index contributed by atoms with van der Waals surface area (Å²) in [6.45, 7) is 1.90. The van der Waals surface area contributed by atoms with Crippen LogP contribution in [-0.4, -0.2) is 44.3 Å². The van der Waals surface area contributed by atoms with Crippen molar-refractivity contribution < 1.29 is 22.8 Å².